The molecule has 2 rings (SSSR count). The number of hydrogen-bond donors (Lipinski definition) is 2. The molecule has 1 aliphatic rings. The first kappa shape index (κ1) is 15.0. The van der Waals surface area contributed by atoms with E-state index in [1.807, 2.05) is 30.3 Å². The molecule has 0 radical (unpaired) electrons. The number of nitrogens with zero attached hydrogens (tertiary/aromatic N) is 1. The van der Waals surface area contributed by atoms with Gasteiger partial charge in [0, 0.05) is 0 Å². The van der Waals surface area contributed by atoms with Crippen molar-refractivity contribution in [2.75, 3.05) is 6.61 Å². The van der Waals surface area contributed by atoms with Crippen LogP contribution >= 0.6 is 12.2 Å². The van der Waals surface area contributed by atoms with Crippen LogP contribution in [0.4, 0.5) is 0 Å². The highest BCUT2D eigenvalue weighted by Crippen LogP contribution is 2.14. The van der Waals surface area contributed by atoms with Crippen LogP contribution in [0.3, 0.4) is 0 Å². The van der Waals surface area contributed by atoms with Gasteiger partial charge in [0.15, 0.2) is 5.57 Å². The van der Waals surface area contributed by atoms with Crippen LogP contribution in [0, 0.1) is 0 Å². The lowest BCUT2D eigenvalue weighted by molar-refractivity contribution is -0.138. The number of hydrogen-bond acceptors (Lipinski definition) is 6. The van der Waals surface area contributed by atoms with Gasteiger partial charge in [0.05, 0.1) is 13.0 Å². The molecule has 0 bridgehead atoms. The lowest BCUT2D eigenvalue weighted by atomic mass is 10.1. The van der Waals surface area contributed by atoms with Crippen LogP contribution in [-0.2, 0) is 20.7 Å². The molecule has 1 aromatic rings. The predicted molar refractivity (Wildman–Crippen MR) is 82.2 cm³/mol. The first-order chi connectivity index (χ1) is 10.1. The molecule has 0 aliphatic carbocycles. The second-order valence-electron chi connectivity index (χ2n) is 4.17. The zero-order valence-electron chi connectivity index (χ0n) is 11.5. The third kappa shape index (κ3) is 3.79. The zero-order chi connectivity index (χ0) is 15.2. The third-order valence-corrected chi connectivity index (χ3v) is 2.86. The van der Waals surface area contributed by atoms with Gasteiger partial charge in [0.2, 0.25) is 11.8 Å². The molecule has 6 nitrogen and oxygen atoms in total. The van der Waals surface area contributed by atoms with Crippen molar-refractivity contribution in [2.45, 2.75) is 13.3 Å². The number of carbonyl (C=O) groups excluding carboxylic acids is 1. The van der Waals surface area contributed by atoms with Crippen LogP contribution in [-0.4, -0.2) is 23.5 Å². The fraction of sp³-hybridized carbons (Fsp3) is 0.214. The Morgan fingerprint density at radius 3 is 2.76 bits per heavy atom. The predicted octanol–water partition coefficient (Wildman–Crippen LogP) is 1.22. The Labute approximate surface area is 127 Å². The average molecular weight is 305 g/mol. The molecule has 0 fully saturated rings. The summed E-state index contributed by atoms with van der Waals surface area (Å²) in [5, 5.41) is 4.02. The molecule has 1 heterocycles. The maximum Gasteiger partial charge on any atom is 0.346 e. The van der Waals surface area contributed by atoms with Crippen molar-refractivity contribution in [3.8, 4) is 0 Å². The largest absolute Gasteiger partial charge is 0.462 e. The van der Waals surface area contributed by atoms with Gasteiger partial charge >= 0.3 is 5.97 Å². The van der Waals surface area contributed by atoms with Gasteiger partial charge in [0.1, 0.15) is 4.99 Å². The molecule has 0 saturated carbocycles. The van der Waals surface area contributed by atoms with Crippen molar-refractivity contribution in [1.29, 1.82) is 0 Å². The van der Waals surface area contributed by atoms with Gasteiger partial charge in [-0.05, 0) is 12.5 Å². The monoisotopic (exact) mass is 305 g/mol. The third-order valence-electron chi connectivity index (χ3n) is 2.65. The van der Waals surface area contributed by atoms with Crippen LogP contribution in [0.25, 0.3) is 0 Å². The maximum atomic E-state index is 11.8. The van der Waals surface area contributed by atoms with E-state index in [4.69, 9.17) is 27.4 Å². The van der Waals surface area contributed by atoms with E-state index < -0.39 is 5.97 Å². The fourth-order valence-corrected chi connectivity index (χ4v) is 1.91. The van der Waals surface area contributed by atoms with Crippen molar-refractivity contribution in [3.63, 3.8) is 0 Å². The van der Waals surface area contributed by atoms with Crippen molar-refractivity contribution in [1.82, 2.24) is 5.43 Å². The van der Waals surface area contributed by atoms with Gasteiger partial charge in [-0.1, -0.05) is 42.5 Å². The Balaban J connectivity index is 2.12. The number of hydrazone groups is 1. The molecule has 0 amide bonds. The van der Waals surface area contributed by atoms with Gasteiger partial charge in [-0.3, -0.25) is 0 Å². The van der Waals surface area contributed by atoms with Crippen molar-refractivity contribution >= 4 is 29.1 Å². The topological polar surface area (TPSA) is 85.9 Å². The number of nitrogens with two attached hydrogens (primary N) is 1. The number of esters is 1. The summed E-state index contributed by atoms with van der Waals surface area (Å²) < 4.78 is 10.4. The zero-order valence-corrected chi connectivity index (χ0v) is 12.3. The fourth-order valence-electron chi connectivity index (χ4n) is 1.74. The molecule has 0 atom stereocenters. The Morgan fingerprint density at radius 2 is 2.14 bits per heavy atom. The summed E-state index contributed by atoms with van der Waals surface area (Å²) in [6, 6.07) is 9.68. The van der Waals surface area contributed by atoms with Crippen LogP contribution < -0.4 is 11.2 Å². The molecule has 110 valence electrons. The molecular formula is C14H15N3O3S. The van der Waals surface area contributed by atoms with E-state index in [1.54, 1.807) is 6.92 Å². The highest BCUT2D eigenvalue weighted by atomic mass is 32.1. The Hall–Kier alpha value is -2.41. The maximum absolute atomic E-state index is 11.8. The Morgan fingerprint density at radius 1 is 1.43 bits per heavy atom. The summed E-state index contributed by atoms with van der Waals surface area (Å²) >= 11 is 4.86. The second-order valence-corrected chi connectivity index (χ2v) is 4.61. The van der Waals surface area contributed by atoms with Crippen LogP contribution in [0.2, 0.25) is 0 Å². The van der Waals surface area contributed by atoms with Crippen LogP contribution in [0.5, 0.6) is 0 Å². The summed E-state index contributed by atoms with van der Waals surface area (Å²) in [5.74, 6) is -0.107. The molecule has 0 unspecified atom stereocenters. The molecule has 0 saturated heterocycles. The number of carbonyl (C=O) groups is 1. The van der Waals surface area contributed by atoms with Crippen molar-refractivity contribution in [3.05, 3.63) is 47.4 Å². The van der Waals surface area contributed by atoms with E-state index in [9.17, 15) is 4.79 Å². The highest BCUT2D eigenvalue weighted by Gasteiger charge is 2.26. The van der Waals surface area contributed by atoms with E-state index >= 15 is 0 Å². The van der Waals surface area contributed by atoms with E-state index in [1.165, 1.54) is 0 Å². The Bertz CT molecular complexity index is 611. The number of rotatable bonds is 5. The minimum atomic E-state index is -0.635. The lowest BCUT2D eigenvalue weighted by Gasteiger charge is -2.08. The normalized spacial score (nSPS) is 15.6. The summed E-state index contributed by atoms with van der Waals surface area (Å²) in [5.41, 5.74) is 9.19. The van der Waals surface area contributed by atoms with Gasteiger partial charge in [-0.15, -0.1) is 5.10 Å². The number of ether oxygens (including phenoxy) is 2. The summed E-state index contributed by atoms with van der Waals surface area (Å²) in [6.07, 6.45) is 0.491. The van der Waals surface area contributed by atoms with Gasteiger partial charge in [-0.25, -0.2) is 10.2 Å². The number of benzene rings is 1. The molecule has 1 aliphatic heterocycles. The minimum absolute atomic E-state index is 0.0151. The molecule has 3 N–H and O–H groups in total. The van der Waals surface area contributed by atoms with Crippen LogP contribution in [0.15, 0.2) is 46.9 Å². The molecule has 21 heavy (non-hydrogen) atoms. The summed E-state index contributed by atoms with van der Waals surface area (Å²) in [7, 11) is 0. The van der Waals surface area contributed by atoms with E-state index in [0.29, 0.717) is 12.3 Å². The molecule has 0 spiro atoms. The molecule has 1 aromatic carbocycles. The lowest BCUT2D eigenvalue weighted by Crippen LogP contribution is -2.25. The average Bonchev–Trinajstić information content (AvgIpc) is 2.88. The van der Waals surface area contributed by atoms with Gasteiger partial charge in [-0.2, -0.15) is 0 Å². The van der Waals surface area contributed by atoms with E-state index in [-0.39, 0.29) is 23.1 Å². The minimum Gasteiger partial charge on any atom is -0.462 e. The summed E-state index contributed by atoms with van der Waals surface area (Å²) in [6.45, 7) is 1.91. The molecular weight excluding hydrogens is 290 g/mol. The van der Waals surface area contributed by atoms with Crippen molar-refractivity contribution in [2.24, 2.45) is 10.8 Å². The highest BCUT2D eigenvalue weighted by molar-refractivity contribution is 7.80. The number of thiocarbonyl (C=S) groups is 1. The second kappa shape index (κ2) is 6.85. The molecule has 0 aromatic heterocycles. The van der Waals surface area contributed by atoms with Crippen molar-refractivity contribution < 1.29 is 14.3 Å². The molecule has 7 heteroatoms. The quantitative estimate of drug-likeness (QED) is 0.483. The first-order valence-corrected chi connectivity index (χ1v) is 6.78. The van der Waals surface area contributed by atoms with E-state index in [2.05, 4.69) is 10.5 Å². The SMILES string of the molecule is CCOC(=O)/C(C(N)=S)=C1\NN=C(Cc2ccccc2)O1. The van der Waals surface area contributed by atoms with E-state index in [0.717, 1.165) is 5.56 Å². The standard InChI is InChI=1S/C14H15N3O3S/c1-2-19-14(18)11(12(15)21)13-17-16-10(20-13)8-9-6-4-3-5-7-9/h3-7,17H,2,8H2,1H3,(H2,15,21)/b13-11+. The van der Waals surface area contributed by atoms with Gasteiger partial charge in [0.25, 0.3) is 0 Å². The van der Waals surface area contributed by atoms with Crippen LogP contribution in [0.1, 0.15) is 12.5 Å². The number of nitrogens with one attached hydrogen (secondary N) is 1. The smallest absolute Gasteiger partial charge is 0.346 e. The van der Waals surface area contributed by atoms with Gasteiger partial charge < -0.3 is 15.2 Å². The summed E-state index contributed by atoms with van der Waals surface area (Å²) in [4.78, 5) is 11.7. The first-order valence-electron chi connectivity index (χ1n) is 6.37. The Kier molecular flexibility index (Phi) is 4.89.